The topological polar surface area (TPSA) is 124 Å². The zero-order chi connectivity index (χ0) is 21.0. The second-order valence-electron chi connectivity index (χ2n) is 6.96. The molecule has 0 aliphatic carbocycles. The van der Waals surface area contributed by atoms with E-state index in [-0.39, 0.29) is 19.0 Å². The minimum atomic E-state index is -1.78. The van der Waals surface area contributed by atoms with Crippen LogP contribution in [0.4, 0.5) is 0 Å². The number of carboxylic acid groups (broad SMARTS) is 2. The van der Waals surface area contributed by atoms with Crippen LogP contribution in [0.3, 0.4) is 0 Å². The standard InChI is InChI=1S/C21H23O7P/c22-11-9-21(10-12-23,20(26)27)16(19(24)25)13-29-18-8-4-2-6-15(18)14-5-1-3-7-17(14)28-29/h1-8,16,22-23H,9-13H2,(H,24,25)(H,26,27). The molecule has 2 unspecified atom stereocenters. The summed E-state index contributed by atoms with van der Waals surface area (Å²) in [6.07, 6.45) is -0.565. The lowest BCUT2D eigenvalue weighted by atomic mass is 9.71. The van der Waals surface area contributed by atoms with E-state index < -0.39 is 44.6 Å². The first-order chi connectivity index (χ1) is 13.9. The van der Waals surface area contributed by atoms with Gasteiger partial charge in [0.05, 0.1) is 11.3 Å². The maximum Gasteiger partial charge on any atom is 0.310 e. The van der Waals surface area contributed by atoms with Crippen LogP contribution in [0, 0.1) is 11.3 Å². The number of hydrogen-bond donors (Lipinski definition) is 4. The molecule has 4 N–H and O–H groups in total. The van der Waals surface area contributed by atoms with Crippen molar-refractivity contribution in [2.24, 2.45) is 11.3 Å². The van der Waals surface area contributed by atoms with E-state index in [0.717, 1.165) is 16.4 Å². The zero-order valence-electron chi connectivity index (χ0n) is 15.7. The number of benzene rings is 2. The number of fused-ring (bicyclic) bond motifs is 3. The molecular weight excluding hydrogens is 395 g/mol. The molecule has 1 aliphatic rings. The largest absolute Gasteiger partial charge is 0.481 e. The second-order valence-corrected chi connectivity index (χ2v) is 8.75. The number of para-hydroxylation sites is 1. The van der Waals surface area contributed by atoms with E-state index >= 15 is 0 Å². The first kappa shape index (κ1) is 21.2. The minimum Gasteiger partial charge on any atom is -0.481 e. The molecule has 154 valence electrons. The van der Waals surface area contributed by atoms with E-state index in [1.165, 1.54) is 0 Å². The average Bonchev–Trinajstić information content (AvgIpc) is 2.71. The summed E-state index contributed by atoms with van der Waals surface area (Å²) in [5.41, 5.74) is 0.0613. The van der Waals surface area contributed by atoms with E-state index in [1.54, 1.807) is 0 Å². The summed E-state index contributed by atoms with van der Waals surface area (Å²) in [6.45, 7) is -0.984. The summed E-state index contributed by atoms with van der Waals surface area (Å²) in [5.74, 6) is -3.32. The highest BCUT2D eigenvalue weighted by Gasteiger charge is 2.50. The van der Waals surface area contributed by atoms with E-state index in [1.807, 2.05) is 48.5 Å². The molecule has 1 aliphatic heterocycles. The van der Waals surface area contributed by atoms with Gasteiger partial charge in [0.15, 0.2) is 0 Å². The third kappa shape index (κ3) is 3.99. The molecule has 7 nitrogen and oxygen atoms in total. The predicted molar refractivity (Wildman–Crippen MR) is 109 cm³/mol. The van der Waals surface area contributed by atoms with Gasteiger partial charge in [-0.15, -0.1) is 0 Å². The van der Waals surface area contributed by atoms with Crippen LogP contribution in [0.1, 0.15) is 12.8 Å². The Labute approximate surface area is 169 Å². The van der Waals surface area contributed by atoms with Gasteiger partial charge >= 0.3 is 11.9 Å². The summed E-state index contributed by atoms with van der Waals surface area (Å²) in [7, 11) is -1.46. The Bertz CT molecular complexity index is 892. The van der Waals surface area contributed by atoms with Gasteiger partial charge in [-0.2, -0.15) is 0 Å². The second kappa shape index (κ2) is 8.91. The molecule has 2 aromatic rings. The van der Waals surface area contributed by atoms with E-state index in [0.29, 0.717) is 5.75 Å². The SMILES string of the molecule is O=C(O)C(CP1Oc2ccccc2-c2ccccc21)C(CCO)(CCO)C(=O)O. The van der Waals surface area contributed by atoms with E-state index in [9.17, 15) is 30.0 Å². The number of aliphatic hydroxyl groups excluding tert-OH is 2. The number of aliphatic hydroxyl groups is 2. The van der Waals surface area contributed by atoms with Crippen molar-refractivity contribution in [3.8, 4) is 16.9 Å². The Hall–Kier alpha value is -2.47. The van der Waals surface area contributed by atoms with E-state index in [2.05, 4.69) is 0 Å². The van der Waals surface area contributed by atoms with Crippen LogP contribution in [0.5, 0.6) is 5.75 Å². The monoisotopic (exact) mass is 418 g/mol. The smallest absolute Gasteiger partial charge is 0.310 e. The summed E-state index contributed by atoms with van der Waals surface area (Å²) in [4.78, 5) is 24.3. The summed E-state index contributed by atoms with van der Waals surface area (Å²) >= 11 is 0. The number of hydrogen-bond acceptors (Lipinski definition) is 5. The number of rotatable bonds is 9. The molecule has 0 radical (unpaired) electrons. The maximum absolute atomic E-state index is 12.2. The quantitative estimate of drug-likeness (QED) is 0.461. The van der Waals surface area contributed by atoms with Crippen molar-refractivity contribution in [3.05, 3.63) is 48.5 Å². The summed E-state index contributed by atoms with van der Waals surface area (Å²) < 4.78 is 6.15. The molecule has 0 bridgehead atoms. The maximum atomic E-state index is 12.2. The van der Waals surface area contributed by atoms with Crippen molar-refractivity contribution < 1.29 is 34.5 Å². The average molecular weight is 418 g/mol. The van der Waals surface area contributed by atoms with Crippen LogP contribution in [-0.4, -0.2) is 51.7 Å². The van der Waals surface area contributed by atoms with Crippen LogP contribution >= 0.6 is 8.15 Å². The van der Waals surface area contributed by atoms with Gasteiger partial charge in [-0.25, -0.2) is 0 Å². The van der Waals surface area contributed by atoms with Crippen LogP contribution in [0.2, 0.25) is 0 Å². The molecule has 0 spiro atoms. The summed E-state index contributed by atoms with van der Waals surface area (Å²) in [6, 6.07) is 15.0. The molecule has 29 heavy (non-hydrogen) atoms. The lowest BCUT2D eigenvalue weighted by Crippen LogP contribution is -2.46. The molecule has 2 aromatic carbocycles. The van der Waals surface area contributed by atoms with Gasteiger partial charge in [0, 0.05) is 30.2 Å². The molecule has 8 heteroatoms. The molecule has 2 atom stereocenters. The highest BCUT2D eigenvalue weighted by molar-refractivity contribution is 7.61. The van der Waals surface area contributed by atoms with Gasteiger partial charge in [-0.3, -0.25) is 9.59 Å². The molecule has 0 amide bonds. The predicted octanol–water partition coefficient (Wildman–Crippen LogP) is 2.30. The fourth-order valence-corrected chi connectivity index (χ4v) is 6.20. The van der Waals surface area contributed by atoms with Crippen molar-refractivity contribution in [2.75, 3.05) is 19.4 Å². The van der Waals surface area contributed by atoms with Crippen LogP contribution < -0.4 is 9.83 Å². The van der Waals surface area contributed by atoms with Crippen LogP contribution in [0.15, 0.2) is 48.5 Å². The fourth-order valence-electron chi connectivity index (χ4n) is 3.88. The van der Waals surface area contributed by atoms with Crippen molar-refractivity contribution in [1.29, 1.82) is 0 Å². The summed E-state index contributed by atoms with van der Waals surface area (Å²) in [5, 5.41) is 39.5. The van der Waals surface area contributed by atoms with Gasteiger partial charge in [0.25, 0.3) is 0 Å². The van der Waals surface area contributed by atoms with Gasteiger partial charge in [-0.1, -0.05) is 42.5 Å². The fraction of sp³-hybridized carbons (Fsp3) is 0.333. The number of aliphatic carboxylic acids is 2. The molecule has 0 aromatic heterocycles. The lowest BCUT2D eigenvalue weighted by molar-refractivity contribution is -0.164. The Morgan fingerprint density at radius 1 is 0.931 bits per heavy atom. The Balaban J connectivity index is 2.03. The normalized spacial score (nSPS) is 16.3. The molecule has 0 saturated carbocycles. The third-order valence-electron chi connectivity index (χ3n) is 5.41. The molecule has 3 rings (SSSR count). The van der Waals surface area contributed by atoms with Crippen molar-refractivity contribution in [3.63, 3.8) is 0 Å². The first-order valence-electron chi connectivity index (χ1n) is 9.26. The highest BCUT2D eigenvalue weighted by atomic mass is 31.1. The third-order valence-corrected chi connectivity index (χ3v) is 7.46. The number of carboxylic acids is 2. The Kier molecular flexibility index (Phi) is 6.52. The Morgan fingerprint density at radius 2 is 1.52 bits per heavy atom. The van der Waals surface area contributed by atoms with Gasteiger partial charge in [-0.05, 0) is 24.5 Å². The number of carbonyl (C=O) groups is 2. The zero-order valence-corrected chi connectivity index (χ0v) is 16.6. The highest BCUT2D eigenvalue weighted by Crippen LogP contribution is 2.52. The van der Waals surface area contributed by atoms with Crippen molar-refractivity contribution >= 4 is 25.4 Å². The van der Waals surface area contributed by atoms with Crippen molar-refractivity contribution in [1.82, 2.24) is 0 Å². The van der Waals surface area contributed by atoms with Gasteiger partial charge < -0.3 is 24.9 Å². The van der Waals surface area contributed by atoms with E-state index in [4.69, 9.17) is 4.52 Å². The molecule has 0 fully saturated rings. The minimum absolute atomic E-state index is 0.0394. The Morgan fingerprint density at radius 3 is 2.10 bits per heavy atom. The lowest BCUT2D eigenvalue weighted by Gasteiger charge is -2.37. The molecule has 0 saturated heterocycles. The molecular formula is C21H23O7P. The van der Waals surface area contributed by atoms with Gasteiger partial charge in [0.1, 0.15) is 13.9 Å². The van der Waals surface area contributed by atoms with Gasteiger partial charge in [0.2, 0.25) is 0 Å². The molecule has 1 heterocycles. The van der Waals surface area contributed by atoms with Crippen LogP contribution in [0.25, 0.3) is 11.1 Å². The van der Waals surface area contributed by atoms with Crippen molar-refractivity contribution in [2.45, 2.75) is 12.8 Å². The van der Waals surface area contributed by atoms with Crippen LogP contribution in [-0.2, 0) is 9.59 Å². The first-order valence-corrected chi connectivity index (χ1v) is 10.7.